The van der Waals surface area contributed by atoms with E-state index in [0.717, 1.165) is 35.9 Å². The number of rotatable bonds is 2. The number of aromatic nitrogens is 2. The molecule has 3 aliphatic carbocycles. The molecular formula is C30H38N4O3. The zero-order chi connectivity index (χ0) is 26.1. The number of likely N-dealkylation sites (N-methyl/N-ethyl adjacent to an activating group) is 1. The van der Waals surface area contributed by atoms with Crippen LogP contribution in [0.3, 0.4) is 0 Å². The molecule has 0 amide bonds. The molecule has 7 unspecified atom stereocenters. The molecule has 2 aliphatic heterocycles. The lowest BCUT2D eigenvalue weighted by Crippen LogP contribution is -2.63. The number of nitrogens with one attached hydrogen (secondary N) is 1. The van der Waals surface area contributed by atoms with Crippen LogP contribution in [-0.2, 0) is 4.74 Å². The summed E-state index contributed by atoms with van der Waals surface area (Å²) in [6, 6.07) is 6.26. The van der Waals surface area contributed by atoms with Crippen LogP contribution in [-0.4, -0.2) is 68.6 Å². The van der Waals surface area contributed by atoms with Crippen LogP contribution >= 0.6 is 0 Å². The fourth-order valence-corrected chi connectivity index (χ4v) is 8.71. The smallest absolute Gasteiger partial charge is 0.198 e. The number of aromatic amines is 1. The third-order valence-electron chi connectivity index (χ3n) is 10.9. The summed E-state index contributed by atoms with van der Waals surface area (Å²) in [6.07, 6.45) is 8.72. The first-order valence-corrected chi connectivity index (χ1v) is 13.6. The van der Waals surface area contributed by atoms with E-state index in [1.54, 1.807) is 0 Å². The number of imidazole rings is 1. The zero-order valence-corrected chi connectivity index (χ0v) is 22.4. The summed E-state index contributed by atoms with van der Waals surface area (Å²) in [7, 11) is 3.95. The van der Waals surface area contributed by atoms with Crippen molar-refractivity contribution >= 4 is 22.6 Å². The Bertz CT molecular complexity index is 1420. The minimum Gasteiger partial charge on any atom is -0.388 e. The van der Waals surface area contributed by atoms with Gasteiger partial charge in [0.15, 0.2) is 5.95 Å². The van der Waals surface area contributed by atoms with Gasteiger partial charge in [0, 0.05) is 17.4 Å². The Hall–Kier alpha value is -2.45. The first kappa shape index (κ1) is 23.7. The summed E-state index contributed by atoms with van der Waals surface area (Å²) in [6.45, 7) is 7.07. The molecule has 196 valence electrons. The van der Waals surface area contributed by atoms with Crippen molar-refractivity contribution < 1.29 is 14.9 Å². The molecule has 0 radical (unpaired) electrons. The minimum absolute atomic E-state index is 0.148. The molecule has 1 saturated carbocycles. The van der Waals surface area contributed by atoms with Gasteiger partial charge in [0.2, 0.25) is 0 Å². The molecule has 37 heavy (non-hydrogen) atoms. The highest BCUT2D eigenvalue weighted by atomic mass is 16.5. The predicted molar refractivity (Wildman–Crippen MR) is 145 cm³/mol. The molecular weight excluding hydrogens is 464 g/mol. The van der Waals surface area contributed by atoms with Crippen molar-refractivity contribution in [3.05, 3.63) is 53.1 Å². The molecule has 2 bridgehead atoms. The average Bonchev–Trinajstić information content (AvgIpc) is 3.49. The number of aliphatic hydroxyl groups excluding tert-OH is 2. The third-order valence-corrected chi connectivity index (χ3v) is 10.9. The van der Waals surface area contributed by atoms with Gasteiger partial charge in [0.1, 0.15) is 6.10 Å². The fourth-order valence-electron chi connectivity index (χ4n) is 8.71. The maximum absolute atomic E-state index is 11.3. The van der Waals surface area contributed by atoms with Gasteiger partial charge in [0.25, 0.3) is 0 Å². The van der Waals surface area contributed by atoms with E-state index in [2.05, 4.69) is 67.2 Å². The Kier molecular flexibility index (Phi) is 4.57. The number of nitrogens with two attached hydrogens (primary N) is 1. The number of hydrogen-bond donors (Lipinski definition) is 4. The number of nitrogen functional groups attached to an aromatic ring is 1. The summed E-state index contributed by atoms with van der Waals surface area (Å²) in [5, 5.41) is 22.2. The van der Waals surface area contributed by atoms with Crippen LogP contribution in [0, 0.1) is 16.7 Å². The van der Waals surface area contributed by atoms with E-state index in [1.165, 1.54) is 16.7 Å². The molecule has 1 aromatic carbocycles. The summed E-state index contributed by atoms with van der Waals surface area (Å²) >= 11 is 0. The van der Waals surface area contributed by atoms with Crippen molar-refractivity contribution in [2.75, 3.05) is 19.8 Å². The Balaban J connectivity index is 1.36. The molecule has 7 nitrogen and oxygen atoms in total. The Morgan fingerprint density at radius 3 is 2.70 bits per heavy atom. The lowest BCUT2D eigenvalue weighted by molar-refractivity contribution is -0.170. The predicted octanol–water partition coefficient (Wildman–Crippen LogP) is 3.80. The van der Waals surface area contributed by atoms with Gasteiger partial charge >= 0.3 is 0 Å². The number of ether oxygens (including phenoxy) is 1. The second-order valence-electron chi connectivity index (χ2n) is 13.0. The first-order valence-electron chi connectivity index (χ1n) is 13.6. The van der Waals surface area contributed by atoms with Crippen molar-refractivity contribution in [1.82, 2.24) is 14.9 Å². The van der Waals surface area contributed by atoms with Crippen molar-refractivity contribution in [2.45, 2.75) is 75.9 Å². The first-order chi connectivity index (χ1) is 17.4. The van der Waals surface area contributed by atoms with Crippen molar-refractivity contribution in [3.63, 3.8) is 0 Å². The largest absolute Gasteiger partial charge is 0.388 e. The maximum Gasteiger partial charge on any atom is 0.198 e. The molecule has 5 aliphatic rings. The monoisotopic (exact) mass is 502 g/mol. The quantitative estimate of drug-likeness (QED) is 0.498. The number of allylic oxidation sites excluding steroid dienone is 3. The topological polar surface area (TPSA) is 108 Å². The number of aliphatic hydroxyl groups is 2. The molecule has 7 atom stereocenters. The van der Waals surface area contributed by atoms with Crippen molar-refractivity contribution in [2.24, 2.45) is 16.7 Å². The van der Waals surface area contributed by atoms with Crippen LogP contribution in [0.15, 0.2) is 47.6 Å². The number of hydrogen-bond acceptors (Lipinski definition) is 6. The average molecular weight is 503 g/mol. The lowest BCUT2D eigenvalue weighted by atomic mass is 9.49. The van der Waals surface area contributed by atoms with Gasteiger partial charge in [-0.3, -0.25) is 0 Å². The second-order valence-corrected chi connectivity index (χ2v) is 13.0. The summed E-state index contributed by atoms with van der Waals surface area (Å²) in [4.78, 5) is 9.61. The Morgan fingerprint density at radius 1 is 1.16 bits per heavy atom. The van der Waals surface area contributed by atoms with E-state index in [1.807, 2.05) is 19.0 Å². The molecule has 5 N–H and O–H groups in total. The van der Waals surface area contributed by atoms with E-state index in [-0.39, 0.29) is 22.8 Å². The Labute approximate surface area is 218 Å². The van der Waals surface area contributed by atoms with Gasteiger partial charge < -0.3 is 30.6 Å². The second kappa shape index (κ2) is 7.14. The zero-order valence-electron chi connectivity index (χ0n) is 22.4. The summed E-state index contributed by atoms with van der Waals surface area (Å²) in [5.41, 5.74) is 11.1. The van der Waals surface area contributed by atoms with Gasteiger partial charge in [0.05, 0.1) is 28.3 Å². The number of anilines is 1. The van der Waals surface area contributed by atoms with Crippen LogP contribution in [0.4, 0.5) is 5.95 Å². The van der Waals surface area contributed by atoms with Crippen LogP contribution < -0.4 is 5.73 Å². The number of benzene rings is 1. The van der Waals surface area contributed by atoms with E-state index < -0.39 is 23.4 Å². The standard InChI is InChI=1S/C30H38N4O3/c1-27(2)14-17-13-19-24(35)25(36)22(34(4)5)15-29(19)10-11-30(17,37-29)23-9-7-18(28(23,27)3)16-6-8-20-21(12-16)33-26(31)32-20/h6-8,12-14,22-25,35-36H,9-11,15H2,1-5H3,(H3,31,32,33). The molecule has 1 aromatic heterocycles. The van der Waals surface area contributed by atoms with Crippen molar-refractivity contribution in [1.29, 1.82) is 0 Å². The highest BCUT2D eigenvalue weighted by Crippen LogP contribution is 2.71. The molecule has 2 aromatic rings. The maximum atomic E-state index is 11.3. The van der Waals surface area contributed by atoms with E-state index in [9.17, 15) is 10.2 Å². The fraction of sp³-hybridized carbons (Fsp3) is 0.567. The van der Waals surface area contributed by atoms with E-state index in [4.69, 9.17) is 10.5 Å². The van der Waals surface area contributed by atoms with Gasteiger partial charge in [-0.2, -0.15) is 0 Å². The Morgan fingerprint density at radius 2 is 1.95 bits per heavy atom. The van der Waals surface area contributed by atoms with Gasteiger partial charge in [-0.1, -0.05) is 45.1 Å². The van der Waals surface area contributed by atoms with Crippen LogP contribution in [0.25, 0.3) is 16.6 Å². The molecule has 3 heterocycles. The van der Waals surface area contributed by atoms with Crippen molar-refractivity contribution in [3.8, 4) is 0 Å². The molecule has 1 saturated heterocycles. The molecule has 2 spiro atoms. The van der Waals surface area contributed by atoms with Gasteiger partial charge in [-0.05, 0) is 79.6 Å². The van der Waals surface area contributed by atoms with Gasteiger partial charge in [-0.15, -0.1) is 0 Å². The van der Waals surface area contributed by atoms with E-state index >= 15 is 0 Å². The molecule has 2 fully saturated rings. The molecule has 7 rings (SSSR count). The number of H-pyrrole nitrogens is 1. The SMILES string of the molecule is CN(C)C1CC23CCC4(O2)C(=CC(C)(C)C2(C)C(c5ccc6nc(N)[nH]c6c5)=CCC42)C=C3C(O)C1O. The third kappa shape index (κ3) is 2.78. The van der Waals surface area contributed by atoms with Gasteiger partial charge in [-0.25, -0.2) is 4.98 Å². The number of fused-ring (bicyclic) bond motifs is 2. The number of nitrogens with zero attached hydrogens (tertiary/aromatic N) is 2. The van der Waals surface area contributed by atoms with Crippen LogP contribution in [0.1, 0.15) is 52.0 Å². The normalized spacial score (nSPS) is 41.7. The minimum atomic E-state index is -0.916. The highest BCUT2D eigenvalue weighted by molar-refractivity contribution is 5.85. The molecule has 7 heteroatoms. The van der Waals surface area contributed by atoms with Crippen LogP contribution in [0.5, 0.6) is 0 Å². The highest BCUT2D eigenvalue weighted by Gasteiger charge is 2.70. The summed E-state index contributed by atoms with van der Waals surface area (Å²) < 4.78 is 7.31. The van der Waals surface area contributed by atoms with E-state index in [0.29, 0.717) is 12.4 Å². The van der Waals surface area contributed by atoms with Crippen LogP contribution in [0.2, 0.25) is 0 Å². The lowest BCUT2D eigenvalue weighted by Gasteiger charge is -2.60. The summed E-state index contributed by atoms with van der Waals surface area (Å²) in [5.74, 6) is 0.706.